The second kappa shape index (κ2) is 7.61. The largest absolute Gasteiger partial charge is 0.489 e. The predicted octanol–water partition coefficient (Wildman–Crippen LogP) is 4.88. The van der Waals surface area contributed by atoms with E-state index in [9.17, 15) is 9.18 Å². The van der Waals surface area contributed by atoms with Crippen LogP contribution in [0.15, 0.2) is 40.9 Å². The van der Waals surface area contributed by atoms with Crippen LogP contribution in [0.1, 0.15) is 38.5 Å². The molecule has 0 aliphatic rings. The molecule has 0 aliphatic heterocycles. The van der Waals surface area contributed by atoms with Crippen LogP contribution in [0.25, 0.3) is 0 Å². The first-order chi connectivity index (χ1) is 12.8. The van der Waals surface area contributed by atoms with Crippen molar-refractivity contribution in [2.75, 3.05) is 5.32 Å². The van der Waals surface area contributed by atoms with E-state index in [-0.39, 0.29) is 18.0 Å². The van der Waals surface area contributed by atoms with Crippen LogP contribution >= 0.6 is 0 Å². The van der Waals surface area contributed by atoms with Gasteiger partial charge in [0.05, 0.1) is 11.3 Å². The van der Waals surface area contributed by atoms with Crippen LogP contribution in [0.2, 0.25) is 0 Å². The van der Waals surface area contributed by atoms with Crippen LogP contribution in [0.3, 0.4) is 0 Å². The zero-order valence-corrected chi connectivity index (χ0v) is 15.7. The van der Waals surface area contributed by atoms with Crippen molar-refractivity contribution in [1.29, 1.82) is 0 Å². The van der Waals surface area contributed by atoms with Gasteiger partial charge in [-0.1, -0.05) is 17.3 Å². The fourth-order valence-electron chi connectivity index (χ4n) is 2.62. The van der Waals surface area contributed by atoms with E-state index in [1.165, 1.54) is 11.6 Å². The molecule has 0 fully saturated rings. The second-order valence-electron chi connectivity index (χ2n) is 6.54. The minimum atomic E-state index is -0.546. The molecule has 0 saturated carbocycles. The third-order valence-corrected chi connectivity index (χ3v) is 4.43. The van der Waals surface area contributed by atoms with Gasteiger partial charge in [-0.2, -0.15) is 0 Å². The normalized spacial score (nSPS) is 10.7. The van der Waals surface area contributed by atoms with Gasteiger partial charge in [-0.3, -0.25) is 4.79 Å². The molecule has 2 aromatic carbocycles. The lowest BCUT2D eigenvalue weighted by Crippen LogP contribution is -2.16. The SMILES string of the molecule is Cc1ccc(F)c(NC(=O)c2noc(C)c2COc2ccc(C)c(C)c2)c1. The van der Waals surface area contributed by atoms with Crippen LogP contribution in [0.4, 0.5) is 10.1 Å². The van der Waals surface area contributed by atoms with E-state index in [4.69, 9.17) is 9.26 Å². The molecule has 0 atom stereocenters. The summed E-state index contributed by atoms with van der Waals surface area (Å²) in [6.07, 6.45) is 0. The lowest BCUT2D eigenvalue weighted by molar-refractivity contribution is 0.101. The average Bonchev–Trinajstić information content (AvgIpc) is 3.00. The Kier molecular flexibility index (Phi) is 5.26. The van der Waals surface area contributed by atoms with Gasteiger partial charge >= 0.3 is 0 Å². The van der Waals surface area contributed by atoms with Crippen molar-refractivity contribution < 1.29 is 18.4 Å². The van der Waals surface area contributed by atoms with Crippen molar-refractivity contribution in [3.8, 4) is 5.75 Å². The van der Waals surface area contributed by atoms with Gasteiger partial charge in [0.15, 0.2) is 5.69 Å². The number of hydrogen-bond acceptors (Lipinski definition) is 4. The standard InChI is InChI=1S/C21H21FN2O3/c1-12-5-8-18(22)19(9-12)23-21(25)20-17(15(4)27-24-20)11-26-16-7-6-13(2)14(3)10-16/h5-10H,11H2,1-4H3,(H,23,25). The molecule has 1 amide bonds. The van der Waals surface area contributed by atoms with Crippen molar-refractivity contribution in [3.63, 3.8) is 0 Å². The molecule has 1 aromatic heterocycles. The molecule has 27 heavy (non-hydrogen) atoms. The van der Waals surface area contributed by atoms with Gasteiger partial charge in [0.2, 0.25) is 0 Å². The number of hydrogen-bond donors (Lipinski definition) is 1. The number of rotatable bonds is 5. The molecule has 0 bridgehead atoms. The minimum absolute atomic E-state index is 0.0808. The molecule has 0 aliphatic carbocycles. The second-order valence-corrected chi connectivity index (χ2v) is 6.54. The van der Waals surface area contributed by atoms with Crippen molar-refractivity contribution >= 4 is 11.6 Å². The zero-order valence-electron chi connectivity index (χ0n) is 15.7. The van der Waals surface area contributed by atoms with Gasteiger partial charge in [0.25, 0.3) is 5.91 Å². The number of carbonyl (C=O) groups is 1. The first-order valence-corrected chi connectivity index (χ1v) is 8.58. The van der Waals surface area contributed by atoms with Gasteiger partial charge in [-0.15, -0.1) is 0 Å². The summed E-state index contributed by atoms with van der Waals surface area (Å²) in [5, 5.41) is 6.36. The maximum atomic E-state index is 13.9. The number of aryl methyl sites for hydroxylation is 4. The van der Waals surface area contributed by atoms with Gasteiger partial charge in [0, 0.05) is 0 Å². The summed E-state index contributed by atoms with van der Waals surface area (Å²) in [7, 11) is 0. The minimum Gasteiger partial charge on any atom is -0.489 e. The molecule has 0 spiro atoms. The Morgan fingerprint density at radius 2 is 1.89 bits per heavy atom. The molecule has 3 aromatic rings. The van der Waals surface area contributed by atoms with Crippen molar-refractivity contribution in [3.05, 3.63) is 75.9 Å². The average molecular weight is 368 g/mol. The number of anilines is 1. The maximum absolute atomic E-state index is 13.9. The first kappa shape index (κ1) is 18.6. The Labute approximate surface area is 157 Å². The molecule has 5 nitrogen and oxygen atoms in total. The number of aromatic nitrogens is 1. The summed E-state index contributed by atoms with van der Waals surface area (Å²) in [5.74, 6) is 0.112. The van der Waals surface area contributed by atoms with Crippen molar-refractivity contribution in [2.45, 2.75) is 34.3 Å². The zero-order chi connectivity index (χ0) is 19.6. The molecule has 0 unspecified atom stereocenters. The van der Waals surface area contributed by atoms with Gasteiger partial charge in [0.1, 0.15) is 23.9 Å². The van der Waals surface area contributed by atoms with E-state index in [0.717, 1.165) is 11.1 Å². The third-order valence-electron chi connectivity index (χ3n) is 4.43. The summed E-state index contributed by atoms with van der Waals surface area (Å²) in [5.41, 5.74) is 3.82. The highest BCUT2D eigenvalue weighted by Crippen LogP contribution is 2.22. The number of benzene rings is 2. The number of nitrogens with zero attached hydrogens (tertiary/aromatic N) is 1. The number of amides is 1. The molecular formula is C21H21FN2O3. The Morgan fingerprint density at radius 1 is 1.11 bits per heavy atom. The highest BCUT2D eigenvalue weighted by Gasteiger charge is 2.21. The van der Waals surface area contributed by atoms with E-state index in [2.05, 4.69) is 10.5 Å². The molecule has 3 rings (SSSR count). The number of halogens is 1. The first-order valence-electron chi connectivity index (χ1n) is 8.58. The summed E-state index contributed by atoms with van der Waals surface area (Å²) in [6.45, 7) is 7.67. The van der Waals surface area contributed by atoms with Gasteiger partial charge in [-0.05, 0) is 68.7 Å². The number of carbonyl (C=O) groups excluding carboxylic acids is 1. The molecule has 6 heteroatoms. The van der Waals surface area contributed by atoms with E-state index < -0.39 is 11.7 Å². The molecule has 140 valence electrons. The maximum Gasteiger partial charge on any atom is 0.278 e. The monoisotopic (exact) mass is 368 g/mol. The van der Waals surface area contributed by atoms with E-state index in [1.807, 2.05) is 39.0 Å². The van der Waals surface area contributed by atoms with E-state index in [1.54, 1.807) is 19.1 Å². The summed E-state index contributed by atoms with van der Waals surface area (Å²) < 4.78 is 24.9. The van der Waals surface area contributed by atoms with E-state index in [0.29, 0.717) is 17.1 Å². The molecule has 1 N–H and O–H groups in total. The Morgan fingerprint density at radius 3 is 2.63 bits per heavy atom. The van der Waals surface area contributed by atoms with Gasteiger partial charge < -0.3 is 14.6 Å². The van der Waals surface area contributed by atoms with Gasteiger partial charge in [-0.25, -0.2) is 4.39 Å². The molecule has 1 heterocycles. The Bertz CT molecular complexity index is 995. The van der Waals surface area contributed by atoms with Crippen LogP contribution in [0.5, 0.6) is 5.75 Å². The Hall–Kier alpha value is -3.15. The topological polar surface area (TPSA) is 64.4 Å². The predicted molar refractivity (Wildman–Crippen MR) is 101 cm³/mol. The smallest absolute Gasteiger partial charge is 0.278 e. The van der Waals surface area contributed by atoms with Crippen LogP contribution in [-0.4, -0.2) is 11.1 Å². The fraction of sp³-hybridized carbons (Fsp3) is 0.238. The van der Waals surface area contributed by atoms with Crippen molar-refractivity contribution in [1.82, 2.24) is 5.16 Å². The van der Waals surface area contributed by atoms with Crippen molar-refractivity contribution in [2.24, 2.45) is 0 Å². The molecule has 0 radical (unpaired) electrons. The highest BCUT2D eigenvalue weighted by atomic mass is 19.1. The third kappa shape index (κ3) is 4.16. The lowest BCUT2D eigenvalue weighted by atomic mass is 10.1. The number of nitrogens with one attached hydrogen (secondary N) is 1. The van der Waals surface area contributed by atoms with E-state index >= 15 is 0 Å². The van der Waals surface area contributed by atoms with Crippen LogP contribution in [-0.2, 0) is 6.61 Å². The molecular weight excluding hydrogens is 347 g/mol. The summed E-state index contributed by atoms with van der Waals surface area (Å²) >= 11 is 0. The summed E-state index contributed by atoms with van der Waals surface area (Å²) in [6, 6.07) is 10.3. The van der Waals surface area contributed by atoms with Crippen LogP contribution in [0, 0.1) is 33.5 Å². The lowest BCUT2D eigenvalue weighted by Gasteiger charge is -2.09. The highest BCUT2D eigenvalue weighted by molar-refractivity contribution is 6.04. The summed E-state index contributed by atoms with van der Waals surface area (Å²) in [4.78, 5) is 12.6. The Balaban J connectivity index is 1.78. The fourth-order valence-corrected chi connectivity index (χ4v) is 2.62. The number of ether oxygens (including phenoxy) is 1. The molecule has 0 saturated heterocycles. The quantitative estimate of drug-likeness (QED) is 0.697. The van der Waals surface area contributed by atoms with Crippen LogP contribution < -0.4 is 10.1 Å².